The molecule has 0 fully saturated rings. The van der Waals surface area contributed by atoms with Gasteiger partial charge in [0.15, 0.2) is 0 Å². The second-order valence-electron chi connectivity index (χ2n) is 3.57. The number of carbonyl (C=O) groups is 1. The van der Waals surface area contributed by atoms with E-state index in [-0.39, 0.29) is 0 Å². The Labute approximate surface area is 115 Å². The normalized spacial score (nSPS) is 10.8. The van der Waals surface area contributed by atoms with Gasteiger partial charge in [0.25, 0.3) is 0 Å². The van der Waals surface area contributed by atoms with E-state index in [1.165, 1.54) is 0 Å². The Morgan fingerprint density at radius 2 is 1.68 bits per heavy atom. The summed E-state index contributed by atoms with van der Waals surface area (Å²) >= 11 is 0. The lowest BCUT2D eigenvalue weighted by molar-refractivity contribution is 0.0708. The van der Waals surface area contributed by atoms with Crippen LogP contribution in [0.1, 0.15) is 27.2 Å². The quantitative estimate of drug-likeness (QED) is 0.277. The van der Waals surface area contributed by atoms with Crippen molar-refractivity contribution in [1.82, 2.24) is 10.7 Å². The molecular weight excluding hydrogens is 266 g/mol. The number of urea groups is 1. The third-order valence-electron chi connectivity index (χ3n) is 2.20. The van der Waals surface area contributed by atoms with Gasteiger partial charge in [-0.1, -0.05) is 0 Å². The molecule has 110 valence electrons. The van der Waals surface area contributed by atoms with Crippen LogP contribution in [-0.2, 0) is 13.3 Å². The Morgan fingerprint density at radius 1 is 1.16 bits per heavy atom. The molecule has 0 aromatic carbocycles. The molecule has 0 radical (unpaired) electrons. The summed E-state index contributed by atoms with van der Waals surface area (Å²) in [6.07, 6.45) is 0.678. The van der Waals surface area contributed by atoms with Gasteiger partial charge in [-0.25, -0.2) is 4.79 Å². The lowest BCUT2D eigenvalue weighted by atomic mass is 10.5. The predicted octanol–water partition coefficient (Wildman–Crippen LogP) is 1.56. The van der Waals surface area contributed by atoms with Gasteiger partial charge >= 0.3 is 14.8 Å². The maximum Gasteiger partial charge on any atom is 0.500 e. The topological polar surface area (TPSA) is 73.2 Å². The first-order valence-corrected chi connectivity index (χ1v) is 8.39. The number of rotatable bonds is 10. The van der Waals surface area contributed by atoms with Gasteiger partial charge in [0.1, 0.15) is 0 Å². The molecule has 0 saturated heterocycles. The van der Waals surface area contributed by atoms with Crippen LogP contribution in [0.25, 0.3) is 4.95 Å². The minimum Gasteiger partial charge on any atom is -0.374 e. The number of carbonyl (C=O) groups excluding carboxylic acids is 1. The Hall–Kier alpha value is -1.14. The van der Waals surface area contributed by atoms with Crippen LogP contribution in [0.15, 0.2) is 0 Å². The van der Waals surface area contributed by atoms with Gasteiger partial charge < -0.3 is 18.6 Å². The van der Waals surface area contributed by atoms with Crippen molar-refractivity contribution in [3.05, 3.63) is 11.5 Å². The molecule has 0 bridgehead atoms. The lowest BCUT2D eigenvalue weighted by Gasteiger charge is -2.28. The molecule has 0 aliphatic heterocycles. The van der Waals surface area contributed by atoms with Crippen molar-refractivity contribution in [1.29, 1.82) is 0 Å². The average Bonchev–Trinajstić information content (AvgIpc) is 2.36. The smallest absolute Gasteiger partial charge is 0.374 e. The van der Waals surface area contributed by atoms with Gasteiger partial charge in [-0.05, 0) is 32.6 Å². The van der Waals surface area contributed by atoms with Crippen LogP contribution in [0.5, 0.6) is 0 Å². The van der Waals surface area contributed by atoms with Gasteiger partial charge in [-0.3, -0.25) is 0 Å². The fourth-order valence-corrected chi connectivity index (χ4v) is 4.21. The fraction of sp³-hybridized carbons (Fsp3) is 0.818. The summed E-state index contributed by atoms with van der Waals surface area (Å²) in [5, 5.41) is 2.57. The summed E-state index contributed by atoms with van der Waals surface area (Å²) in [6, 6.07) is 0.146. The third kappa shape index (κ3) is 7.79. The van der Waals surface area contributed by atoms with E-state index in [0.29, 0.717) is 38.8 Å². The number of hydrogen-bond donors (Lipinski definition) is 2. The molecule has 0 spiro atoms. The van der Waals surface area contributed by atoms with Crippen LogP contribution >= 0.6 is 0 Å². The molecule has 0 aliphatic carbocycles. The van der Waals surface area contributed by atoms with E-state index in [0.717, 1.165) is 0 Å². The summed E-state index contributed by atoms with van der Waals surface area (Å²) in [6.45, 7) is 14.3. The van der Waals surface area contributed by atoms with E-state index in [1.54, 1.807) is 0 Å². The number of nitrogens with zero attached hydrogens (tertiary/aromatic N) is 1. The Balaban J connectivity index is 4.17. The molecule has 0 unspecified atom stereocenters. The Kier molecular flexibility index (Phi) is 10.1. The number of amides is 2. The van der Waals surface area contributed by atoms with Crippen LogP contribution in [0.3, 0.4) is 0 Å². The van der Waals surface area contributed by atoms with E-state index in [2.05, 4.69) is 10.3 Å². The van der Waals surface area contributed by atoms with Gasteiger partial charge in [-0.15, -0.1) is 0 Å². The summed E-state index contributed by atoms with van der Waals surface area (Å²) in [5.41, 5.74) is 1.98. The molecule has 0 heterocycles. The first-order chi connectivity index (χ1) is 9.14. The molecule has 2 N–H and O–H groups in total. The van der Waals surface area contributed by atoms with E-state index in [1.807, 2.05) is 26.2 Å². The fourth-order valence-electron chi connectivity index (χ4n) is 1.60. The van der Waals surface area contributed by atoms with Crippen molar-refractivity contribution in [3.8, 4) is 0 Å². The summed E-state index contributed by atoms with van der Waals surface area (Å²) in [5.74, 6) is 0. The highest BCUT2D eigenvalue weighted by Gasteiger charge is 2.39. The minimum absolute atomic E-state index is 0.448. The Bertz CT molecular complexity index is 279. The highest BCUT2D eigenvalue weighted by molar-refractivity contribution is 6.60. The van der Waals surface area contributed by atoms with Gasteiger partial charge in [-0.2, -0.15) is 11.5 Å². The van der Waals surface area contributed by atoms with Crippen LogP contribution in [-0.4, -0.2) is 41.2 Å². The van der Waals surface area contributed by atoms with Crippen molar-refractivity contribution >= 4 is 14.8 Å². The zero-order valence-electron chi connectivity index (χ0n) is 11.8. The summed E-state index contributed by atoms with van der Waals surface area (Å²) in [4.78, 5) is 13.8. The molecule has 8 heteroatoms. The highest BCUT2D eigenvalue weighted by atomic mass is 28.4. The lowest BCUT2D eigenvalue weighted by Crippen LogP contribution is -2.46. The first-order valence-electron chi connectivity index (χ1n) is 6.46. The molecule has 0 saturated carbocycles. The minimum atomic E-state index is -2.62. The molecule has 0 atom stereocenters. The molecule has 2 amide bonds. The standard InChI is InChI=1S/C11H23N3O4Si/c1-5-16-19(17-6-2,18-7-3)10-8-9-13-11(15)14-12-4/h5-10H2,1-3H3,(H2,13,14,15). The first kappa shape index (κ1) is 17.9. The van der Waals surface area contributed by atoms with Crippen LogP contribution in [0, 0.1) is 6.57 Å². The zero-order chi connectivity index (χ0) is 14.6. The maximum absolute atomic E-state index is 11.0. The van der Waals surface area contributed by atoms with Crippen LogP contribution < -0.4 is 10.7 Å². The second kappa shape index (κ2) is 10.7. The highest BCUT2D eigenvalue weighted by Crippen LogP contribution is 2.17. The Morgan fingerprint density at radius 3 is 2.11 bits per heavy atom. The molecular formula is C11H23N3O4Si. The van der Waals surface area contributed by atoms with E-state index < -0.39 is 14.8 Å². The molecule has 0 aromatic heterocycles. The third-order valence-corrected chi connectivity index (χ3v) is 5.35. The molecule has 0 aromatic rings. The van der Waals surface area contributed by atoms with Crippen molar-refractivity contribution in [2.75, 3.05) is 26.4 Å². The van der Waals surface area contributed by atoms with Crippen molar-refractivity contribution in [3.63, 3.8) is 0 Å². The zero-order valence-corrected chi connectivity index (χ0v) is 12.8. The van der Waals surface area contributed by atoms with E-state index in [4.69, 9.17) is 19.9 Å². The van der Waals surface area contributed by atoms with Gasteiger partial charge in [0.2, 0.25) is 0 Å². The maximum atomic E-state index is 11.0. The van der Waals surface area contributed by atoms with Gasteiger partial charge in [0.05, 0.1) is 0 Å². The average molecular weight is 289 g/mol. The molecule has 0 rings (SSSR count). The van der Waals surface area contributed by atoms with Crippen LogP contribution in [0.2, 0.25) is 6.04 Å². The molecule has 0 aliphatic rings. The molecule has 7 nitrogen and oxygen atoms in total. The van der Waals surface area contributed by atoms with Crippen molar-refractivity contribution in [2.45, 2.75) is 33.2 Å². The molecule has 19 heavy (non-hydrogen) atoms. The van der Waals surface area contributed by atoms with Crippen molar-refractivity contribution in [2.24, 2.45) is 0 Å². The summed E-state index contributed by atoms with van der Waals surface area (Å²) < 4.78 is 17.0. The van der Waals surface area contributed by atoms with Crippen molar-refractivity contribution < 1.29 is 18.1 Å². The SMILES string of the molecule is [C-]#[N+]NC(=O)NCCC[Si](OCC)(OCC)OCC. The van der Waals surface area contributed by atoms with Gasteiger partial charge in [0, 0.05) is 32.4 Å². The number of hydrogen-bond acceptors (Lipinski definition) is 4. The number of nitrogens with one attached hydrogen (secondary N) is 2. The second-order valence-corrected chi connectivity index (χ2v) is 6.30. The van der Waals surface area contributed by atoms with Crippen LogP contribution in [0.4, 0.5) is 4.79 Å². The van der Waals surface area contributed by atoms with E-state index >= 15 is 0 Å². The monoisotopic (exact) mass is 289 g/mol. The summed E-state index contributed by atoms with van der Waals surface area (Å²) in [7, 11) is -2.62. The largest absolute Gasteiger partial charge is 0.500 e. The predicted molar refractivity (Wildman–Crippen MR) is 73.2 cm³/mol. The van der Waals surface area contributed by atoms with E-state index in [9.17, 15) is 4.79 Å².